The molecule has 1 unspecified atom stereocenters. The van der Waals surface area contributed by atoms with E-state index in [0.29, 0.717) is 11.4 Å². The van der Waals surface area contributed by atoms with E-state index in [2.05, 4.69) is 27.8 Å². The minimum Gasteiger partial charge on any atom is -0.508 e. The first kappa shape index (κ1) is 32.3. The number of alkyl halides is 3. The summed E-state index contributed by atoms with van der Waals surface area (Å²) < 4.78 is 79.9. The van der Waals surface area contributed by atoms with Gasteiger partial charge in [0.05, 0.1) is 18.7 Å². The number of anilines is 1. The second-order valence-electron chi connectivity index (χ2n) is 13.5. The smallest absolute Gasteiger partial charge is 0.418 e. The molecule has 0 radical (unpaired) electrons. The van der Waals surface area contributed by atoms with Crippen molar-refractivity contribution in [2.75, 3.05) is 38.2 Å². The average Bonchev–Trinajstić information content (AvgIpc) is 3.49. The van der Waals surface area contributed by atoms with Crippen LogP contribution in [0.15, 0.2) is 36.4 Å². The van der Waals surface area contributed by atoms with Crippen molar-refractivity contribution < 1.29 is 36.9 Å². The summed E-state index contributed by atoms with van der Waals surface area (Å²) in [6, 6.07) is 8.21. The highest BCUT2D eigenvalue weighted by Crippen LogP contribution is 2.48. The highest BCUT2D eigenvalue weighted by Gasteiger charge is 2.55. The Labute approximate surface area is 274 Å². The fourth-order valence-electron chi connectivity index (χ4n) is 8.25. The van der Waals surface area contributed by atoms with Gasteiger partial charge in [-0.1, -0.05) is 24.5 Å². The molecule has 7 nitrogen and oxygen atoms in total. The molecular weight excluding hydrogens is 631 g/mol. The minimum atomic E-state index is -4.89. The standard InChI is InChI=1S/C36H35F5N4O3/c1-3-23-27(37)11-8-21-17-22(46)18-26(29(21)23)24-9-10-25-31(30(24)38)42-33(48-20-34-12-4-7-28(34)44(2)15-5-13-34)43-32(25)45-16-6-14-35(47,19-45)36(39,40)41/h1,8-11,17-18,28,46-47H,4-7,12-16,19-20H2,2H3/t28-,34-,35?/m1/s1. The summed E-state index contributed by atoms with van der Waals surface area (Å²) in [7, 11) is 2.09. The number of benzene rings is 3. The second-order valence-corrected chi connectivity index (χ2v) is 13.5. The fourth-order valence-corrected chi connectivity index (χ4v) is 8.25. The lowest BCUT2D eigenvalue weighted by atomic mass is 9.76. The highest BCUT2D eigenvalue weighted by molar-refractivity contribution is 6.04. The zero-order chi connectivity index (χ0) is 34.0. The molecule has 2 saturated heterocycles. The summed E-state index contributed by atoms with van der Waals surface area (Å²) in [5, 5.41) is 21.9. The number of halogens is 5. The number of terminal acetylenes is 1. The number of hydrogen-bond acceptors (Lipinski definition) is 7. The fraction of sp³-hybridized carbons (Fsp3) is 0.444. The van der Waals surface area contributed by atoms with Crippen molar-refractivity contribution in [3.63, 3.8) is 0 Å². The zero-order valence-electron chi connectivity index (χ0n) is 26.4. The Morgan fingerprint density at radius 2 is 1.79 bits per heavy atom. The van der Waals surface area contributed by atoms with Gasteiger partial charge in [-0.25, -0.2) is 8.78 Å². The number of ether oxygens (including phenoxy) is 1. The number of hydrogen-bond donors (Lipinski definition) is 2. The first-order chi connectivity index (χ1) is 22.8. The number of aliphatic hydroxyl groups is 1. The van der Waals surface area contributed by atoms with Gasteiger partial charge in [0.25, 0.3) is 0 Å². The van der Waals surface area contributed by atoms with E-state index in [1.54, 1.807) is 0 Å². The minimum absolute atomic E-state index is 0.000171. The molecule has 3 aromatic carbocycles. The number of fused-ring (bicyclic) bond motifs is 3. The van der Waals surface area contributed by atoms with Gasteiger partial charge in [-0.3, -0.25) is 0 Å². The number of phenols is 1. The van der Waals surface area contributed by atoms with Crippen LogP contribution in [-0.2, 0) is 0 Å². The molecule has 252 valence electrons. The molecule has 0 bridgehead atoms. The summed E-state index contributed by atoms with van der Waals surface area (Å²) in [5.74, 6) is 0.544. The largest absolute Gasteiger partial charge is 0.508 e. The van der Waals surface area contributed by atoms with Crippen LogP contribution in [0.1, 0.15) is 50.5 Å². The molecule has 3 aliphatic rings. The molecule has 0 amide bonds. The van der Waals surface area contributed by atoms with Gasteiger partial charge in [0, 0.05) is 34.3 Å². The summed E-state index contributed by atoms with van der Waals surface area (Å²) in [6.07, 6.45) is 5.20. The van der Waals surface area contributed by atoms with E-state index in [1.165, 1.54) is 41.3 Å². The lowest BCUT2D eigenvalue weighted by molar-refractivity contribution is -0.261. The van der Waals surface area contributed by atoms with Gasteiger partial charge in [-0.2, -0.15) is 23.1 Å². The lowest BCUT2D eigenvalue weighted by Gasteiger charge is -2.44. The molecule has 1 saturated carbocycles. The quantitative estimate of drug-likeness (QED) is 0.176. The number of β-amino-alcohol motifs (C(OH)–C–C–N with tert-alkyl or cyclic N) is 1. The molecule has 3 heterocycles. The highest BCUT2D eigenvalue weighted by atomic mass is 19.4. The maximum absolute atomic E-state index is 16.9. The van der Waals surface area contributed by atoms with Crippen molar-refractivity contribution in [1.29, 1.82) is 0 Å². The topological polar surface area (TPSA) is 82.0 Å². The normalized spacial score (nSPS) is 25.0. The number of aromatic hydroxyl groups is 1. The molecule has 3 fully saturated rings. The maximum atomic E-state index is 16.9. The number of rotatable bonds is 5. The van der Waals surface area contributed by atoms with Gasteiger partial charge >= 0.3 is 12.2 Å². The van der Waals surface area contributed by atoms with Crippen LogP contribution in [0.5, 0.6) is 11.8 Å². The maximum Gasteiger partial charge on any atom is 0.418 e. The Morgan fingerprint density at radius 3 is 2.56 bits per heavy atom. The van der Waals surface area contributed by atoms with E-state index in [-0.39, 0.29) is 75.5 Å². The Morgan fingerprint density at radius 1 is 1.02 bits per heavy atom. The van der Waals surface area contributed by atoms with Crippen molar-refractivity contribution >= 4 is 27.5 Å². The Bertz CT molecular complexity index is 1960. The van der Waals surface area contributed by atoms with Gasteiger partial charge in [0.15, 0.2) is 11.4 Å². The van der Waals surface area contributed by atoms with Crippen molar-refractivity contribution in [1.82, 2.24) is 14.9 Å². The summed E-state index contributed by atoms with van der Waals surface area (Å²) >= 11 is 0. The van der Waals surface area contributed by atoms with Crippen molar-refractivity contribution in [2.24, 2.45) is 5.41 Å². The van der Waals surface area contributed by atoms with E-state index in [1.807, 2.05) is 0 Å². The Hall–Kier alpha value is -4.21. The third kappa shape index (κ3) is 5.28. The van der Waals surface area contributed by atoms with Gasteiger partial charge in [-0.15, -0.1) is 6.42 Å². The van der Waals surface area contributed by atoms with Crippen LogP contribution in [0.3, 0.4) is 0 Å². The van der Waals surface area contributed by atoms with Crippen LogP contribution < -0.4 is 9.64 Å². The lowest BCUT2D eigenvalue weighted by Crippen LogP contribution is -2.57. The van der Waals surface area contributed by atoms with Crippen molar-refractivity contribution in [3.05, 3.63) is 53.6 Å². The predicted octanol–water partition coefficient (Wildman–Crippen LogP) is 6.95. The van der Waals surface area contributed by atoms with Crippen LogP contribution in [0.25, 0.3) is 32.8 Å². The molecule has 2 aliphatic heterocycles. The van der Waals surface area contributed by atoms with E-state index < -0.39 is 36.4 Å². The molecule has 48 heavy (non-hydrogen) atoms. The van der Waals surface area contributed by atoms with Crippen molar-refractivity contribution in [2.45, 2.75) is 62.8 Å². The first-order valence-corrected chi connectivity index (χ1v) is 16.1. The number of piperidine rings is 2. The Kier molecular flexibility index (Phi) is 7.91. The molecule has 4 aromatic rings. The van der Waals surface area contributed by atoms with Crippen LogP contribution >= 0.6 is 0 Å². The molecule has 1 aliphatic carbocycles. The number of nitrogens with zero attached hydrogens (tertiary/aromatic N) is 4. The third-order valence-electron chi connectivity index (χ3n) is 10.6. The van der Waals surface area contributed by atoms with Gasteiger partial charge < -0.3 is 24.7 Å². The molecule has 12 heteroatoms. The Balaban J connectivity index is 1.39. The summed E-state index contributed by atoms with van der Waals surface area (Å²) in [6.45, 7) is 0.558. The molecular formula is C36H35F5N4O3. The predicted molar refractivity (Wildman–Crippen MR) is 172 cm³/mol. The van der Waals surface area contributed by atoms with E-state index >= 15 is 4.39 Å². The van der Waals surface area contributed by atoms with Crippen LogP contribution in [0.2, 0.25) is 0 Å². The van der Waals surface area contributed by atoms with Gasteiger partial charge in [-0.05, 0) is 87.3 Å². The van der Waals surface area contributed by atoms with Gasteiger partial charge in [0.2, 0.25) is 0 Å². The van der Waals surface area contributed by atoms with Crippen LogP contribution in [0, 0.1) is 29.4 Å². The van der Waals surface area contributed by atoms with Gasteiger partial charge in [0.1, 0.15) is 22.9 Å². The van der Waals surface area contributed by atoms with E-state index in [9.17, 15) is 27.8 Å². The van der Waals surface area contributed by atoms with E-state index in [0.717, 1.165) is 38.6 Å². The SMILES string of the molecule is C#Cc1c(F)ccc2cc(O)cc(-c3ccc4c(N5CCCC(O)(C(F)(F)F)C5)nc(OC[C@]56CCC[C@H]5N(C)CCC6)nc4c3F)c12. The number of aromatic nitrogens is 2. The third-order valence-corrected chi connectivity index (χ3v) is 10.6. The average molecular weight is 667 g/mol. The summed E-state index contributed by atoms with van der Waals surface area (Å²) in [4.78, 5) is 12.6. The van der Waals surface area contributed by atoms with Crippen LogP contribution in [0.4, 0.5) is 27.8 Å². The van der Waals surface area contributed by atoms with Crippen LogP contribution in [-0.4, -0.2) is 76.2 Å². The summed E-state index contributed by atoms with van der Waals surface area (Å²) in [5.41, 5.74) is -3.44. The molecule has 0 spiro atoms. The van der Waals surface area contributed by atoms with Crippen molar-refractivity contribution in [3.8, 4) is 35.2 Å². The number of likely N-dealkylation sites (tertiary alicyclic amines) is 1. The van der Waals surface area contributed by atoms with E-state index in [4.69, 9.17) is 11.2 Å². The molecule has 7 rings (SSSR count). The molecule has 3 atom stereocenters. The first-order valence-electron chi connectivity index (χ1n) is 16.1. The number of phenolic OH excluding ortho intramolecular Hbond substituents is 1. The monoisotopic (exact) mass is 666 g/mol. The zero-order valence-corrected chi connectivity index (χ0v) is 26.4. The molecule has 1 aromatic heterocycles. The second kappa shape index (κ2) is 11.7. The molecule has 2 N–H and O–H groups in total.